The van der Waals surface area contributed by atoms with Crippen LogP contribution in [-0.2, 0) is 0 Å². The monoisotopic (exact) mass is 90.0 g/mol. The molecular weight excluding hydrogens is 82.1 g/mol. The summed E-state index contributed by atoms with van der Waals surface area (Å²) in [6.07, 6.45) is 0. The predicted molar refractivity (Wildman–Crippen MR) is 27.0 cm³/mol. The minimum atomic E-state index is 0.962. The highest BCUT2D eigenvalue weighted by molar-refractivity contribution is 7.82. The smallest absolute Gasteiger partial charge is 0.0750 e. The van der Waals surface area contributed by atoms with Gasteiger partial charge in [-0.1, -0.05) is 6.92 Å². The Morgan fingerprint density at radius 3 is 2.60 bits per heavy atom. The Morgan fingerprint density at radius 1 is 2.00 bits per heavy atom. The molecule has 0 aliphatic heterocycles. The van der Waals surface area contributed by atoms with Gasteiger partial charge < -0.3 is 5.32 Å². The van der Waals surface area contributed by atoms with Crippen LogP contribution >= 0.6 is 12.6 Å². The van der Waals surface area contributed by atoms with Crippen LogP contribution in [0.2, 0.25) is 0 Å². The molecule has 1 nitrogen and oxygen atoms in total. The molecule has 0 aromatic heterocycles. The molecule has 0 fully saturated rings. The van der Waals surface area contributed by atoms with E-state index in [0.717, 1.165) is 6.54 Å². The van der Waals surface area contributed by atoms with Crippen molar-refractivity contribution in [2.24, 2.45) is 0 Å². The third-order valence-electron chi connectivity index (χ3n) is 0.295. The first-order valence-corrected chi connectivity index (χ1v) is 2.12. The summed E-state index contributed by atoms with van der Waals surface area (Å²) < 4.78 is 0. The summed E-state index contributed by atoms with van der Waals surface area (Å²) in [5.74, 6) is 1.62. The van der Waals surface area contributed by atoms with E-state index in [-0.39, 0.29) is 0 Å². The summed E-state index contributed by atoms with van der Waals surface area (Å²) in [4.78, 5) is 0. The fourth-order valence-corrected chi connectivity index (χ4v) is 0.274. The average Bonchev–Trinajstić information content (AvgIpc) is 1.41. The molecule has 0 aliphatic carbocycles. The van der Waals surface area contributed by atoms with Gasteiger partial charge in [-0.25, -0.2) is 0 Å². The summed E-state index contributed by atoms with van der Waals surface area (Å²) in [5.41, 5.74) is 0. The van der Waals surface area contributed by atoms with Gasteiger partial charge in [-0.15, -0.1) is 0 Å². The van der Waals surface area contributed by atoms with Gasteiger partial charge in [-0.05, 0) is 6.54 Å². The fraction of sp³-hybridized carbons (Fsp3) is 0.667. The Balaban J connectivity index is 2.19. The van der Waals surface area contributed by atoms with Gasteiger partial charge >= 0.3 is 0 Å². The van der Waals surface area contributed by atoms with E-state index < -0.39 is 0 Å². The van der Waals surface area contributed by atoms with E-state index in [2.05, 4.69) is 17.9 Å². The van der Waals surface area contributed by atoms with Gasteiger partial charge in [0, 0.05) is 0 Å². The van der Waals surface area contributed by atoms with Gasteiger partial charge in [0.1, 0.15) is 0 Å². The minimum absolute atomic E-state index is 0.962. The van der Waals surface area contributed by atoms with Crippen LogP contribution in [-0.4, -0.2) is 6.54 Å². The van der Waals surface area contributed by atoms with Gasteiger partial charge in [0.2, 0.25) is 0 Å². The highest BCUT2D eigenvalue weighted by Crippen LogP contribution is 1.68. The Bertz CT molecular complexity index is 14.4. The van der Waals surface area contributed by atoms with Crippen LogP contribution in [0.1, 0.15) is 6.92 Å². The third-order valence-corrected chi connectivity index (χ3v) is 0.478. The maximum atomic E-state index is 3.76. The lowest BCUT2D eigenvalue weighted by Gasteiger charge is -1.84. The molecule has 31 valence electrons. The molecule has 5 heavy (non-hydrogen) atoms. The lowest BCUT2D eigenvalue weighted by molar-refractivity contribution is 0.902. The van der Waals surface area contributed by atoms with Crippen molar-refractivity contribution >= 4 is 12.6 Å². The van der Waals surface area contributed by atoms with E-state index in [1.165, 1.54) is 0 Å². The Morgan fingerprint density at radius 2 is 2.60 bits per heavy atom. The zero-order valence-electron chi connectivity index (χ0n) is 3.23. The van der Waals surface area contributed by atoms with Crippen molar-refractivity contribution < 1.29 is 0 Å². The van der Waals surface area contributed by atoms with Crippen LogP contribution in [0.15, 0.2) is 0 Å². The summed E-state index contributed by atoms with van der Waals surface area (Å²) in [6, 6.07) is 0. The van der Waals surface area contributed by atoms with E-state index in [1.54, 1.807) is 5.88 Å². The molecule has 2 heteroatoms. The molecule has 1 radical (unpaired) electrons. The Hall–Kier alpha value is 0.310. The molecule has 0 aromatic carbocycles. The molecule has 0 atom stereocenters. The van der Waals surface area contributed by atoms with Crippen LogP contribution in [0.4, 0.5) is 0 Å². The van der Waals surface area contributed by atoms with Gasteiger partial charge in [-0.3, -0.25) is 0 Å². The first-order chi connectivity index (χ1) is 2.41. The maximum absolute atomic E-state index is 3.76. The average molecular weight is 90.2 g/mol. The van der Waals surface area contributed by atoms with Crippen molar-refractivity contribution in [1.29, 1.82) is 0 Å². The second-order valence-electron chi connectivity index (χ2n) is 0.687. The number of hydrogen-bond acceptors (Lipinski definition) is 2. The lowest BCUT2D eigenvalue weighted by Crippen LogP contribution is -2.02. The van der Waals surface area contributed by atoms with Crippen molar-refractivity contribution in [3.8, 4) is 0 Å². The van der Waals surface area contributed by atoms with Crippen molar-refractivity contribution in [2.45, 2.75) is 6.92 Å². The van der Waals surface area contributed by atoms with Crippen LogP contribution < -0.4 is 5.32 Å². The Labute approximate surface area is 38.2 Å². The molecule has 0 heterocycles. The SMILES string of the molecule is CCN[CH]S. The molecule has 0 amide bonds. The summed E-state index contributed by atoms with van der Waals surface area (Å²) in [7, 11) is 0. The van der Waals surface area contributed by atoms with Crippen LogP contribution in [0, 0.1) is 5.88 Å². The predicted octanol–water partition coefficient (Wildman–Crippen LogP) is 0.645. The maximum Gasteiger partial charge on any atom is 0.0750 e. The molecule has 0 rings (SSSR count). The number of thiol groups is 1. The molecule has 0 aliphatic rings. The van der Waals surface area contributed by atoms with Gasteiger partial charge in [0.25, 0.3) is 0 Å². The van der Waals surface area contributed by atoms with E-state index in [0.29, 0.717) is 0 Å². The number of nitrogens with one attached hydrogen (secondary N) is 1. The van der Waals surface area contributed by atoms with Crippen LogP contribution in [0.3, 0.4) is 0 Å². The molecule has 0 spiro atoms. The quantitative estimate of drug-likeness (QED) is 0.474. The Kier molecular flexibility index (Phi) is 4.58. The molecule has 0 aromatic rings. The highest BCUT2D eigenvalue weighted by Gasteiger charge is 1.64. The largest absolute Gasteiger partial charge is 0.304 e. The summed E-state index contributed by atoms with van der Waals surface area (Å²) in [5, 5.41) is 2.85. The van der Waals surface area contributed by atoms with Crippen LogP contribution in [0.25, 0.3) is 0 Å². The third kappa shape index (κ3) is 4.31. The van der Waals surface area contributed by atoms with Crippen LogP contribution in [0.5, 0.6) is 0 Å². The normalized spacial score (nSPS) is 8.40. The van der Waals surface area contributed by atoms with Crippen molar-refractivity contribution in [3.63, 3.8) is 0 Å². The topological polar surface area (TPSA) is 12.0 Å². The molecule has 0 saturated heterocycles. The molecular formula is C3H8NS. The molecule has 0 bridgehead atoms. The van der Waals surface area contributed by atoms with E-state index in [9.17, 15) is 0 Å². The van der Waals surface area contributed by atoms with E-state index >= 15 is 0 Å². The van der Waals surface area contributed by atoms with E-state index in [1.807, 2.05) is 6.92 Å². The van der Waals surface area contributed by atoms with E-state index in [4.69, 9.17) is 0 Å². The molecule has 0 saturated carbocycles. The zero-order valence-corrected chi connectivity index (χ0v) is 4.13. The minimum Gasteiger partial charge on any atom is -0.304 e. The second-order valence-corrected chi connectivity index (χ2v) is 0.945. The molecule has 1 N–H and O–H groups in total. The molecule has 0 unspecified atom stereocenters. The van der Waals surface area contributed by atoms with Crippen molar-refractivity contribution in [1.82, 2.24) is 5.32 Å². The number of rotatable bonds is 2. The lowest BCUT2D eigenvalue weighted by atomic mass is 10.8. The highest BCUT2D eigenvalue weighted by atomic mass is 32.1. The fourth-order valence-electron chi connectivity index (χ4n) is 0.0913. The van der Waals surface area contributed by atoms with Crippen molar-refractivity contribution in [2.75, 3.05) is 6.54 Å². The zero-order chi connectivity index (χ0) is 4.12. The number of hydrogen-bond donors (Lipinski definition) is 2. The van der Waals surface area contributed by atoms with Crippen molar-refractivity contribution in [3.05, 3.63) is 5.88 Å². The van der Waals surface area contributed by atoms with Gasteiger partial charge in [0.15, 0.2) is 0 Å². The first kappa shape index (κ1) is 5.31. The standard InChI is InChI=1S/C3H8NS/c1-2-4-3-5/h3-5H,2H2,1H3. The summed E-state index contributed by atoms with van der Waals surface area (Å²) in [6.45, 7) is 2.98. The van der Waals surface area contributed by atoms with Gasteiger partial charge in [0.05, 0.1) is 5.88 Å². The first-order valence-electron chi connectivity index (χ1n) is 1.61. The second kappa shape index (κ2) is 4.31. The van der Waals surface area contributed by atoms with Gasteiger partial charge in [-0.2, -0.15) is 12.6 Å². The summed E-state index contributed by atoms with van der Waals surface area (Å²) >= 11 is 3.76.